The zero-order valence-electron chi connectivity index (χ0n) is 15.2. The Bertz CT molecular complexity index is 822. The first-order chi connectivity index (χ1) is 12.9. The molecule has 1 aliphatic heterocycles. The van der Waals surface area contributed by atoms with E-state index >= 15 is 0 Å². The van der Waals surface area contributed by atoms with Crippen LogP contribution in [0, 0.1) is 5.92 Å². The predicted molar refractivity (Wildman–Crippen MR) is 105 cm³/mol. The molecule has 2 aromatic carbocycles. The Labute approximate surface area is 163 Å². The number of benzene rings is 2. The summed E-state index contributed by atoms with van der Waals surface area (Å²) in [5, 5.41) is 13.2. The Kier molecular flexibility index (Phi) is 6.01. The van der Waals surface area contributed by atoms with E-state index in [0.717, 1.165) is 18.4 Å². The van der Waals surface area contributed by atoms with Gasteiger partial charge in [0.1, 0.15) is 5.75 Å². The molecule has 2 aromatic rings. The molecule has 0 radical (unpaired) electrons. The molecule has 2 N–H and O–H groups in total. The molecule has 5 nitrogen and oxygen atoms in total. The smallest absolute Gasteiger partial charge is 0.253 e. The van der Waals surface area contributed by atoms with Crippen LogP contribution in [0.25, 0.3) is 0 Å². The van der Waals surface area contributed by atoms with E-state index < -0.39 is 0 Å². The van der Waals surface area contributed by atoms with E-state index in [1.165, 1.54) is 0 Å². The first kappa shape index (κ1) is 19.2. The van der Waals surface area contributed by atoms with Crippen molar-refractivity contribution in [3.8, 4) is 5.75 Å². The van der Waals surface area contributed by atoms with Gasteiger partial charge in [0.15, 0.2) is 0 Å². The highest BCUT2D eigenvalue weighted by Crippen LogP contribution is 2.22. The van der Waals surface area contributed by atoms with Crippen molar-refractivity contribution < 1.29 is 14.7 Å². The number of hydrogen-bond donors (Lipinski definition) is 2. The lowest BCUT2D eigenvalue weighted by Gasteiger charge is -2.32. The number of phenolic OH excluding ortho intramolecular Hbond substituents is 1. The summed E-state index contributed by atoms with van der Waals surface area (Å²) in [5.74, 6) is -0.217. The van der Waals surface area contributed by atoms with Crippen molar-refractivity contribution in [2.45, 2.75) is 25.8 Å². The number of nitrogens with zero attached hydrogens (tertiary/aromatic N) is 1. The summed E-state index contributed by atoms with van der Waals surface area (Å²) in [4.78, 5) is 27.1. The van der Waals surface area contributed by atoms with E-state index in [-0.39, 0.29) is 29.5 Å². The van der Waals surface area contributed by atoms with E-state index in [1.54, 1.807) is 47.4 Å². The summed E-state index contributed by atoms with van der Waals surface area (Å²) in [7, 11) is 0. The molecular formula is C21H23ClN2O3. The van der Waals surface area contributed by atoms with Gasteiger partial charge in [-0.05, 0) is 61.7 Å². The van der Waals surface area contributed by atoms with E-state index in [1.807, 2.05) is 13.0 Å². The van der Waals surface area contributed by atoms with Crippen molar-refractivity contribution in [1.82, 2.24) is 10.2 Å². The summed E-state index contributed by atoms with van der Waals surface area (Å²) in [5.41, 5.74) is 1.42. The van der Waals surface area contributed by atoms with Crippen LogP contribution in [0.2, 0.25) is 5.02 Å². The third kappa shape index (κ3) is 4.80. The van der Waals surface area contributed by atoms with Crippen LogP contribution in [-0.2, 0) is 4.79 Å². The van der Waals surface area contributed by atoms with Crippen molar-refractivity contribution >= 4 is 23.4 Å². The van der Waals surface area contributed by atoms with Crippen LogP contribution in [0.1, 0.15) is 41.7 Å². The summed E-state index contributed by atoms with van der Waals surface area (Å²) < 4.78 is 0. The summed E-state index contributed by atoms with van der Waals surface area (Å²) in [6.07, 6.45) is 1.54. The number of hydrogen-bond acceptors (Lipinski definition) is 3. The monoisotopic (exact) mass is 386 g/mol. The van der Waals surface area contributed by atoms with Gasteiger partial charge in [-0.1, -0.05) is 23.7 Å². The van der Waals surface area contributed by atoms with Crippen molar-refractivity contribution in [2.75, 3.05) is 13.1 Å². The number of phenols is 1. The number of amides is 2. The minimum Gasteiger partial charge on any atom is -0.508 e. The molecule has 2 amide bonds. The maximum absolute atomic E-state index is 12.7. The third-order valence-corrected chi connectivity index (χ3v) is 5.15. The summed E-state index contributed by atoms with van der Waals surface area (Å²) in [6.45, 7) is 2.93. The Morgan fingerprint density at radius 3 is 2.67 bits per heavy atom. The van der Waals surface area contributed by atoms with Gasteiger partial charge in [-0.3, -0.25) is 9.59 Å². The predicted octanol–water partition coefficient (Wildman–Crippen LogP) is 3.78. The van der Waals surface area contributed by atoms with Crippen LogP contribution >= 0.6 is 11.6 Å². The van der Waals surface area contributed by atoms with E-state index in [2.05, 4.69) is 5.32 Å². The lowest BCUT2D eigenvalue weighted by Crippen LogP contribution is -2.45. The van der Waals surface area contributed by atoms with Crippen LogP contribution in [0.5, 0.6) is 5.75 Å². The highest BCUT2D eigenvalue weighted by atomic mass is 35.5. The normalized spacial score (nSPS) is 18.0. The minimum atomic E-state index is -0.241. The second-order valence-electron chi connectivity index (χ2n) is 6.92. The van der Waals surface area contributed by atoms with Gasteiger partial charge < -0.3 is 15.3 Å². The highest BCUT2D eigenvalue weighted by Gasteiger charge is 2.29. The molecule has 1 aliphatic rings. The molecule has 27 heavy (non-hydrogen) atoms. The first-order valence-electron chi connectivity index (χ1n) is 9.08. The number of piperidine rings is 1. The SMILES string of the molecule is CC(NC(=O)C1CCCN(C(=O)c2ccc(Cl)cc2)C1)c1cccc(O)c1. The van der Waals surface area contributed by atoms with Gasteiger partial charge in [0.2, 0.25) is 5.91 Å². The second kappa shape index (κ2) is 8.44. The lowest BCUT2D eigenvalue weighted by atomic mass is 9.95. The highest BCUT2D eigenvalue weighted by molar-refractivity contribution is 6.30. The second-order valence-corrected chi connectivity index (χ2v) is 7.36. The van der Waals surface area contributed by atoms with Crippen LogP contribution < -0.4 is 5.32 Å². The zero-order chi connectivity index (χ0) is 19.4. The first-order valence-corrected chi connectivity index (χ1v) is 9.46. The fraction of sp³-hybridized carbons (Fsp3) is 0.333. The average molecular weight is 387 g/mol. The van der Waals surface area contributed by atoms with Crippen molar-refractivity contribution in [3.63, 3.8) is 0 Å². The van der Waals surface area contributed by atoms with Crippen molar-refractivity contribution in [3.05, 3.63) is 64.7 Å². The van der Waals surface area contributed by atoms with Crippen molar-refractivity contribution in [2.24, 2.45) is 5.92 Å². The van der Waals surface area contributed by atoms with Gasteiger partial charge >= 0.3 is 0 Å². The molecule has 2 atom stereocenters. The number of aromatic hydroxyl groups is 1. The molecule has 0 aliphatic carbocycles. The number of likely N-dealkylation sites (tertiary alicyclic amines) is 1. The molecule has 1 heterocycles. The molecule has 0 bridgehead atoms. The Balaban J connectivity index is 1.62. The van der Waals surface area contributed by atoms with Crippen LogP contribution in [0.15, 0.2) is 48.5 Å². The van der Waals surface area contributed by atoms with Gasteiger partial charge in [0.05, 0.1) is 12.0 Å². The number of halogens is 1. The fourth-order valence-electron chi connectivity index (χ4n) is 3.36. The molecule has 1 fully saturated rings. The zero-order valence-corrected chi connectivity index (χ0v) is 15.9. The largest absolute Gasteiger partial charge is 0.508 e. The maximum atomic E-state index is 12.7. The standard InChI is InChI=1S/C21H23ClN2O3/c1-14(16-4-2-6-19(25)12-16)23-20(26)17-5-3-11-24(13-17)21(27)15-7-9-18(22)10-8-15/h2,4,6-10,12,14,17,25H,3,5,11,13H2,1H3,(H,23,26). The Morgan fingerprint density at radius 2 is 1.96 bits per heavy atom. The topological polar surface area (TPSA) is 69.6 Å². The van der Waals surface area contributed by atoms with Gasteiger partial charge in [0, 0.05) is 23.7 Å². The maximum Gasteiger partial charge on any atom is 0.253 e. The summed E-state index contributed by atoms with van der Waals surface area (Å²) in [6, 6.07) is 13.4. The molecule has 0 spiro atoms. The quantitative estimate of drug-likeness (QED) is 0.840. The molecule has 0 saturated carbocycles. The molecule has 2 unspecified atom stereocenters. The number of carbonyl (C=O) groups excluding carboxylic acids is 2. The molecule has 142 valence electrons. The molecule has 3 rings (SSSR count). The van der Waals surface area contributed by atoms with Gasteiger partial charge in [-0.25, -0.2) is 0 Å². The fourth-order valence-corrected chi connectivity index (χ4v) is 3.49. The van der Waals surface area contributed by atoms with Crippen molar-refractivity contribution in [1.29, 1.82) is 0 Å². The number of rotatable bonds is 4. The van der Waals surface area contributed by atoms with Crippen LogP contribution in [0.4, 0.5) is 0 Å². The number of carbonyl (C=O) groups is 2. The molecule has 1 saturated heterocycles. The molecule has 6 heteroatoms. The molecular weight excluding hydrogens is 364 g/mol. The number of nitrogens with one attached hydrogen (secondary N) is 1. The van der Waals surface area contributed by atoms with Gasteiger partial charge in [0.25, 0.3) is 5.91 Å². The van der Waals surface area contributed by atoms with Gasteiger partial charge in [-0.15, -0.1) is 0 Å². The van der Waals surface area contributed by atoms with E-state index in [9.17, 15) is 14.7 Å². The molecule has 0 aromatic heterocycles. The average Bonchev–Trinajstić information content (AvgIpc) is 2.68. The van der Waals surface area contributed by atoms with Crippen LogP contribution in [0.3, 0.4) is 0 Å². The minimum absolute atomic E-state index is 0.0700. The Hall–Kier alpha value is -2.53. The Morgan fingerprint density at radius 1 is 1.22 bits per heavy atom. The summed E-state index contributed by atoms with van der Waals surface area (Å²) >= 11 is 5.88. The van der Waals surface area contributed by atoms with Crippen LogP contribution in [-0.4, -0.2) is 34.9 Å². The van der Waals surface area contributed by atoms with E-state index in [0.29, 0.717) is 23.7 Å². The van der Waals surface area contributed by atoms with Gasteiger partial charge in [-0.2, -0.15) is 0 Å². The lowest BCUT2D eigenvalue weighted by molar-refractivity contribution is -0.127. The van der Waals surface area contributed by atoms with E-state index in [4.69, 9.17) is 11.6 Å². The third-order valence-electron chi connectivity index (χ3n) is 4.90.